The summed E-state index contributed by atoms with van der Waals surface area (Å²) in [6.07, 6.45) is 3.99. The van der Waals surface area contributed by atoms with Gasteiger partial charge in [0.05, 0.1) is 12.8 Å². The number of aryl methyl sites for hydroxylation is 1. The summed E-state index contributed by atoms with van der Waals surface area (Å²) < 4.78 is 5.31. The molecule has 3 aromatic rings. The highest BCUT2D eigenvalue weighted by atomic mass is 16.5. The SMILES string of the molecule is CCc1ccccc1NC(=O)C1CCN(c2cc(C(=O)Nc3ccccc3OC)ccn2)CC1. The van der Waals surface area contributed by atoms with Crippen LogP contribution in [0.15, 0.2) is 66.9 Å². The molecule has 1 aliphatic rings. The monoisotopic (exact) mass is 458 g/mol. The third-order valence-corrected chi connectivity index (χ3v) is 6.21. The maximum Gasteiger partial charge on any atom is 0.255 e. The van der Waals surface area contributed by atoms with Crippen LogP contribution in [0, 0.1) is 5.92 Å². The summed E-state index contributed by atoms with van der Waals surface area (Å²) in [5.41, 5.74) is 3.17. The molecule has 0 saturated carbocycles. The molecule has 1 aliphatic heterocycles. The first-order valence-electron chi connectivity index (χ1n) is 11.6. The molecular weight excluding hydrogens is 428 g/mol. The fourth-order valence-corrected chi connectivity index (χ4v) is 4.23. The van der Waals surface area contributed by atoms with Crippen molar-refractivity contribution in [1.29, 1.82) is 0 Å². The van der Waals surface area contributed by atoms with Gasteiger partial charge in [0.2, 0.25) is 5.91 Å². The van der Waals surface area contributed by atoms with Gasteiger partial charge in [-0.1, -0.05) is 37.3 Å². The highest BCUT2D eigenvalue weighted by molar-refractivity contribution is 6.05. The van der Waals surface area contributed by atoms with Gasteiger partial charge in [-0.2, -0.15) is 0 Å². The molecule has 7 heteroatoms. The lowest BCUT2D eigenvalue weighted by Gasteiger charge is -2.32. The Morgan fingerprint density at radius 3 is 2.44 bits per heavy atom. The summed E-state index contributed by atoms with van der Waals surface area (Å²) in [5, 5.41) is 6.01. The van der Waals surface area contributed by atoms with Crippen molar-refractivity contribution in [1.82, 2.24) is 4.98 Å². The van der Waals surface area contributed by atoms with Gasteiger partial charge in [0, 0.05) is 36.5 Å². The number of nitrogens with one attached hydrogen (secondary N) is 2. The lowest BCUT2D eigenvalue weighted by atomic mass is 9.95. The molecule has 1 fully saturated rings. The Labute approximate surface area is 200 Å². The van der Waals surface area contributed by atoms with Gasteiger partial charge in [0.25, 0.3) is 5.91 Å². The van der Waals surface area contributed by atoms with Crippen LogP contribution in [-0.2, 0) is 11.2 Å². The molecule has 2 amide bonds. The number of ether oxygens (including phenoxy) is 1. The number of carbonyl (C=O) groups is 2. The normalized spacial score (nSPS) is 13.9. The van der Waals surface area contributed by atoms with Crippen molar-refractivity contribution in [2.24, 2.45) is 5.92 Å². The Balaban J connectivity index is 1.37. The number of rotatable bonds is 7. The zero-order chi connectivity index (χ0) is 23.9. The molecule has 7 nitrogen and oxygen atoms in total. The van der Waals surface area contributed by atoms with E-state index in [9.17, 15) is 9.59 Å². The van der Waals surface area contributed by atoms with E-state index >= 15 is 0 Å². The van der Waals surface area contributed by atoms with Crippen molar-refractivity contribution >= 4 is 29.0 Å². The summed E-state index contributed by atoms with van der Waals surface area (Å²) in [7, 11) is 1.57. The molecule has 4 rings (SSSR count). The highest BCUT2D eigenvalue weighted by Crippen LogP contribution is 2.26. The van der Waals surface area contributed by atoms with Crippen LogP contribution in [0.3, 0.4) is 0 Å². The van der Waals surface area contributed by atoms with E-state index in [0.29, 0.717) is 30.1 Å². The summed E-state index contributed by atoms with van der Waals surface area (Å²) in [6.45, 7) is 3.50. The molecule has 0 spiro atoms. The van der Waals surface area contributed by atoms with Gasteiger partial charge in [-0.15, -0.1) is 0 Å². The predicted molar refractivity (Wildman–Crippen MR) is 135 cm³/mol. The van der Waals surface area contributed by atoms with E-state index in [2.05, 4.69) is 27.4 Å². The molecule has 0 bridgehead atoms. The topological polar surface area (TPSA) is 83.6 Å². The van der Waals surface area contributed by atoms with Crippen LogP contribution >= 0.6 is 0 Å². The third kappa shape index (κ3) is 5.36. The van der Waals surface area contributed by atoms with Crippen LogP contribution in [-0.4, -0.2) is 37.0 Å². The molecule has 1 aromatic heterocycles. The Kier molecular flexibility index (Phi) is 7.42. The number of anilines is 3. The van der Waals surface area contributed by atoms with E-state index in [0.717, 1.165) is 36.3 Å². The zero-order valence-electron chi connectivity index (χ0n) is 19.6. The molecular formula is C27H30N4O3. The Hall–Kier alpha value is -3.87. The Morgan fingerprint density at radius 2 is 1.71 bits per heavy atom. The van der Waals surface area contributed by atoms with Gasteiger partial charge in [0.1, 0.15) is 11.6 Å². The van der Waals surface area contributed by atoms with E-state index in [1.54, 1.807) is 37.6 Å². The number of piperidine rings is 1. The number of methoxy groups -OCH3 is 1. The number of nitrogens with zero attached hydrogens (tertiary/aromatic N) is 2. The molecule has 176 valence electrons. The predicted octanol–water partition coefficient (Wildman–Crippen LogP) is 4.76. The van der Waals surface area contributed by atoms with Crippen LogP contribution in [0.4, 0.5) is 17.2 Å². The van der Waals surface area contributed by atoms with Gasteiger partial charge >= 0.3 is 0 Å². The van der Waals surface area contributed by atoms with E-state index < -0.39 is 0 Å². The third-order valence-electron chi connectivity index (χ3n) is 6.21. The number of hydrogen-bond donors (Lipinski definition) is 2. The first-order chi connectivity index (χ1) is 16.6. The maximum atomic E-state index is 12.8. The number of amides is 2. The lowest BCUT2D eigenvalue weighted by molar-refractivity contribution is -0.120. The summed E-state index contributed by atoms with van der Waals surface area (Å²) in [6, 6.07) is 18.7. The van der Waals surface area contributed by atoms with E-state index in [1.165, 1.54) is 0 Å². The second-order valence-electron chi connectivity index (χ2n) is 8.32. The molecule has 0 atom stereocenters. The molecule has 1 saturated heterocycles. The molecule has 0 aliphatic carbocycles. The van der Waals surface area contributed by atoms with Crippen LogP contribution in [0.1, 0.15) is 35.7 Å². The number of aromatic nitrogens is 1. The number of pyridine rings is 1. The largest absolute Gasteiger partial charge is 0.495 e. The fraction of sp³-hybridized carbons (Fsp3) is 0.296. The molecule has 2 heterocycles. The zero-order valence-corrected chi connectivity index (χ0v) is 19.6. The second-order valence-corrected chi connectivity index (χ2v) is 8.32. The number of carbonyl (C=O) groups excluding carboxylic acids is 2. The van der Waals surface area contributed by atoms with Gasteiger partial charge in [0.15, 0.2) is 0 Å². The minimum absolute atomic E-state index is 0.0433. The van der Waals surface area contributed by atoms with Crippen LogP contribution in [0.2, 0.25) is 0 Å². The quantitative estimate of drug-likeness (QED) is 0.533. The van der Waals surface area contributed by atoms with E-state index in [1.807, 2.05) is 36.4 Å². The molecule has 2 aromatic carbocycles. The van der Waals surface area contributed by atoms with Gasteiger partial charge in [-0.25, -0.2) is 4.98 Å². The summed E-state index contributed by atoms with van der Waals surface area (Å²) in [4.78, 5) is 32.3. The van der Waals surface area contributed by atoms with Crippen molar-refractivity contribution in [2.75, 3.05) is 35.7 Å². The molecule has 2 N–H and O–H groups in total. The van der Waals surface area contributed by atoms with Crippen LogP contribution in [0.25, 0.3) is 0 Å². The smallest absolute Gasteiger partial charge is 0.255 e. The Morgan fingerprint density at radius 1 is 1.00 bits per heavy atom. The average Bonchev–Trinajstić information content (AvgIpc) is 2.89. The highest BCUT2D eigenvalue weighted by Gasteiger charge is 2.26. The first-order valence-corrected chi connectivity index (χ1v) is 11.6. The van der Waals surface area contributed by atoms with E-state index in [-0.39, 0.29) is 17.7 Å². The number of hydrogen-bond acceptors (Lipinski definition) is 5. The molecule has 0 radical (unpaired) electrons. The molecule has 34 heavy (non-hydrogen) atoms. The average molecular weight is 459 g/mol. The second kappa shape index (κ2) is 10.8. The minimum atomic E-state index is -0.225. The standard InChI is InChI=1S/C27H30N4O3/c1-3-19-8-4-5-9-22(19)29-26(32)20-13-16-31(17-14-20)25-18-21(12-15-28-25)27(33)30-23-10-6-7-11-24(23)34-2/h4-12,15,18,20H,3,13-14,16-17H2,1-2H3,(H,29,32)(H,30,33). The molecule has 0 unspecified atom stereocenters. The van der Waals surface area contributed by atoms with Crippen LogP contribution < -0.4 is 20.3 Å². The summed E-state index contributed by atoms with van der Waals surface area (Å²) in [5.74, 6) is 1.14. The summed E-state index contributed by atoms with van der Waals surface area (Å²) >= 11 is 0. The maximum absolute atomic E-state index is 12.8. The van der Waals surface area contributed by atoms with Crippen molar-refractivity contribution in [2.45, 2.75) is 26.2 Å². The van der Waals surface area contributed by atoms with Gasteiger partial charge in [-0.3, -0.25) is 9.59 Å². The lowest BCUT2D eigenvalue weighted by Crippen LogP contribution is -2.38. The minimum Gasteiger partial charge on any atom is -0.495 e. The van der Waals surface area contributed by atoms with Crippen molar-refractivity contribution < 1.29 is 14.3 Å². The number of para-hydroxylation sites is 3. The van der Waals surface area contributed by atoms with Gasteiger partial charge in [-0.05, 0) is 55.2 Å². The van der Waals surface area contributed by atoms with Crippen LogP contribution in [0.5, 0.6) is 5.75 Å². The fourth-order valence-electron chi connectivity index (χ4n) is 4.23. The van der Waals surface area contributed by atoms with Gasteiger partial charge < -0.3 is 20.3 Å². The Bertz CT molecular complexity index is 1160. The number of benzene rings is 2. The van der Waals surface area contributed by atoms with Crippen molar-refractivity contribution in [3.63, 3.8) is 0 Å². The first kappa shape index (κ1) is 23.3. The van der Waals surface area contributed by atoms with Crippen molar-refractivity contribution in [3.05, 3.63) is 78.0 Å². The van der Waals surface area contributed by atoms with Crippen molar-refractivity contribution in [3.8, 4) is 5.75 Å². The van der Waals surface area contributed by atoms with E-state index in [4.69, 9.17) is 4.74 Å².